The van der Waals surface area contributed by atoms with E-state index in [9.17, 15) is 4.79 Å². The van der Waals surface area contributed by atoms with E-state index >= 15 is 0 Å². The molecule has 0 radical (unpaired) electrons. The van der Waals surface area contributed by atoms with Crippen molar-refractivity contribution in [1.29, 1.82) is 0 Å². The predicted molar refractivity (Wildman–Crippen MR) is 117 cm³/mol. The van der Waals surface area contributed by atoms with Gasteiger partial charge in [0.15, 0.2) is 0 Å². The van der Waals surface area contributed by atoms with Gasteiger partial charge in [0.1, 0.15) is 10.8 Å². The molecule has 6 nitrogen and oxygen atoms in total. The van der Waals surface area contributed by atoms with Gasteiger partial charge in [0.2, 0.25) is 0 Å². The molecule has 2 heterocycles. The first-order valence-electron chi connectivity index (χ1n) is 9.82. The van der Waals surface area contributed by atoms with Crippen LogP contribution in [0.3, 0.4) is 0 Å². The number of benzene rings is 2. The monoisotopic (exact) mass is 412 g/mol. The van der Waals surface area contributed by atoms with Gasteiger partial charge in [0.05, 0.1) is 24.2 Å². The average molecular weight is 413 g/mol. The van der Waals surface area contributed by atoms with Crippen molar-refractivity contribution in [2.75, 3.05) is 44.7 Å². The Bertz CT molecular complexity index is 1010. The summed E-state index contributed by atoms with van der Waals surface area (Å²) in [4.78, 5) is 17.2. The van der Waals surface area contributed by atoms with E-state index in [1.165, 1.54) is 4.68 Å². The molecule has 1 aromatic heterocycles. The number of halogens is 1. The predicted octanol–water partition coefficient (Wildman–Crippen LogP) is 3.19. The Balaban J connectivity index is 1.37. The fourth-order valence-electron chi connectivity index (χ4n) is 3.76. The van der Waals surface area contributed by atoms with Crippen LogP contribution in [0.25, 0.3) is 5.69 Å². The summed E-state index contributed by atoms with van der Waals surface area (Å²) >= 11 is 6.31. The van der Waals surface area contributed by atoms with E-state index < -0.39 is 0 Å². The van der Waals surface area contributed by atoms with Crippen molar-refractivity contribution in [3.63, 3.8) is 0 Å². The number of hydrogen-bond donors (Lipinski definition) is 1. The molecule has 0 bridgehead atoms. The van der Waals surface area contributed by atoms with Crippen LogP contribution in [-0.2, 0) is 6.42 Å². The van der Waals surface area contributed by atoms with Crippen molar-refractivity contribution < 1.29 is 4.74 Å². The molecule has 1 aliphatic heterocycles. The number of aromatic nitrogens is 2. The molecule has 3 aromatic rings. The van der Waals surface area contributed by atoms with Gasteiger partial charge in [0, 0.05) is 39.1 Å². The van der Waals surface area contributed by atoms with Crippen molar-refractivity contribution in [3.05, 3.63) is 75.7 Å². The Labute approximate surface area is 175 Å². The zero-order chi connectivity index (χ0) is 20.2. The van der Waals surface area contributed by atoms with Crippen LogP contribution in [0.1, 0.15) is 5.69 Å². The molecule has 0 aliphatic carbocycles. The smallest absolute Gasteiger partial charge is 0.290 e. The highest BCUT2D eigenvalue weighted by Crippen LogP contribution is 2.28. The molecular formula is C22H25ClN4O2. The van der Waals surface area contributed by atoms with Crippen molar-refractivity contribution in [3.8, 4) is 11.4 Å². The highest BCUT2D eigenvalue weighted by molar-refractivity contribution is 6.31. The summed E-state index contributed by atoms with van der Waals surface area (Å²) < 4.78 is 7.00. The van der Waals surface area contributed by atoms with Crippen molar-refractivity contribution in [2.24, 2.45) is 0 Å². The standard InChI is InChI=1S/C22H25ClN4O2/c1-29-20-10-6-5-9-19(20)26-15-13-25(14-16-26)12-11-18-21(23)22(28)27(24-18)17-7-3-2-4-8-17/h2-10,24H,11-16H2,1H3. The third-order valence-corrected chi connectivity index (χ3v) is 5.78. The minimum Gasteiger partial charge on any atom is -0.495 e. The van der Waals surface area contributed by atoms with Gasteiger partial charge in [-0.05, 0) is 24.3 Å². The Morgan fingerprint density at radius 2 is 1.69 bits per heavy atom. The number of methoxy groups -OCH3 is 1. The van der Waals surface area contributed by atoms with Gasteiger partial charge in [-0.15, -0.1) is 0 Å². The SMILES string of the molecule is COc1ccccc1N1CCN(CCc2[nH]n(-c3ccccc3)c(=O)c2Cl)CC1. The molecule has 0 spiro atoms. The lowest BCUT2D eigenvalue weighted by molar-refractivity contribution is 0.259. The second-order valence-electron chi connectivity index (χ2n) is 7.13. The lowest BCUT2D eigenvalue weighted by Crippen LogP contribution is -2.47. The quantitative estimate of drug-likeness (QED) is 0.675. The van der Waals surface area contributed by atoms with E-state index in [0.717, 1.165) is 55.5 Å². The van der Waals surface area contributed by atoms with Crippen LogP contribution in [0.5, 0.6) is 5.75 Å². The molecule has 1 saturated heterocycles. The van der Waals surface area contributed by atoms with Gasteiger partial charge < -0.3 is 9.64 Å². The molecule has 0 amide bonds. The van der Waals surface area contributed by atoms with Gasteiger partial charge in [0.25, 0.3) is 5.56 Å². The van der Waals surface area contributed by atoms with Gasteiger partial charge in [-0.2, -0.15) is 0 Å². The van der Waals surface area contributed by atoms with Crippen molar-refractivity contribution >= 4 is 17.3 Å². The molecular weight excluding hydrogens is 388 g/mol. The molecule has 152 valence electrons. The summed E-state index contributed by atoms with van der Waals surface area (Å²) in [6, 6.07) is 17.6. The van der Waals surface area contributed by atoms with E-state index in [4.69, 9.17) is 16.3 Å². The maximum Gasteiger partial charge on any atom is 0.290 e. The van der Waals surface area contributed by atoms with E-state index in [1.54, 1.807) is 7.11 Å². The minimum atomic E-state index is -0.200. The Hall–Kier alpha value is -2.70. The zero-order valence-electron chi connectivity index (χ0n) is 16.5. The number of nitrogens with one attached hydrogen (secondary N) is 1. The molecule has 1 N–H and O–H groups in total. The first-order valence-corrected chi connectivity index (χ1v) is 10.2. The number of rotatable bonds is 6. The number of para-hydroxylation sites is 3. The summed E-state index contributed by atoms with van der Waals surface area (Å²) in [6.45, 7) is 4.65. The maximum atomic E-state index is 12.5. The Kier molecular flexibility index (Phi) is 5.92. The molecule has 1 fully saturated rings. The van der Waals surface area contributed by atoms with Gasteiger partial charge >= 0.3 is 0 Å². The van der Waals surface area contributed by atoms with Gasteiger partial charge in [-0.3, -0.25) is 14.8 Å². The number of ether oxygens (including phenoxy) is 1. The average Bonchev–Trinajstić information content (AvgIpc) is 3.07. The Morgan fingerprint density at radius 1 is 1.00 bits per heavy atom. The maximum absolute atomic E-state index is 12.5. The summed E-state index contributed by atoms with van der Waals surface area (Å²) in [7, 11) is 1.71. The molecule has 29 heavy (non-hydrogen) atoms. The first-order chi connectivity index (χ1) is 14.2. The molecule has 4 rings (SSSR count). The fraction of sp³-hybridized carbons (Fsp3) is 0.318. The number of hydrogen-bond acceptors (Lipinski definition) is 4. The first kappa shape index (κ1) is 19.6. The highest BCUT2D eigenvalue weighted by Gasteiger charge is 2.20. The molecule has 7 heteroatoms. The van der Waals surface area contributed by atoms with E-state index in [0.29, 0.717) is 6.42 Å². The van der Waals surface area contributed by atoms with Crippen molar-refractivity contribution in [1.82, 2.24) is 14.7 Å². The lowest BCUT2D eigenvalue weighted by atomic mass is 10.2. The lowest BCUT2D eigenvalue weighted by Gasteiger charge is -2.36. The van der Waals surface area contributed by atoms with Crippen LogP contribution in [0, 0.1) is 0 Å². The number of aromatic amines is 1. The van der Waals surface area contributed by atoms with Crippen LogP contribution in [-0.4, -0.2) is 54.5 Å². The largest absolute Gasteiger partial charge is 0.495 e. The second kappa shape index (κ2) is 8.76. The van der Waals surface area contributed by atoms with E-state index in [1.807, 2.05) is 48.5 Å². The van der Waals surface area contributed by atoms with Gasteiger partial charge in [-0.25, -0.2) is 4.68 Å². The number of piperazine rings is 1. The second-order valence-corrected chi connectivity index (χ2v) is 7.51. The van der Waals surface area contributed by atoms with Gasteiger partial charge in [-0.1, -0.05) is 41.9 Å². The molecule has 1 aliphatic rings. The minimum absolute atomic E-state index is 0.200. The fourth-order valence-corrected chi connectivity index (χ4v) is 3.98. The molecule has 0 atom stereocenters. The number of anilines is 1. The third-order valence-electron chi connectivity index (χ3n) is 5.39. The summed E-state index contributed by atoms with van der Waals surface area (Å²) in [6.07, 6.45) is 0.711. The van der Waals surface area contributed by atoms with E-state index in [-0.39, 0.29) is 10.6 Å². The van der Waals surface area contributed by atoms with Crippen LogP contribution < -0.4 is 15.2 Å². The number of H-pyrrole nitrogens is 1. The number of nitrogens with zero attached hydrogens (tertiary/aromatic N) is 3. The van der Waals surface area contributed by atoms with Crippen LogP contribution in [0.15, 0.2) is 59.4 Å². The van der Waals surface area contributed by atoms with Crippen LogP contribution in [0.2, 0.25) is 5.02 Å². The third kappa shape index (κ3) is 4.18. The summed E-state index contributed by atoms with van der Waals surface area (Å²) in [5, 5.41) is 3.45. The highest BCUT2D eigenvalue weighted by atomic mass is 35.5. The van der Waals surface area contributed by atoms with Crippen molar-refractivity contribution in [2.45, 2.75) is 6.42 Å². The molecule has 0 saturated carbocycles. The summed E-state index contributed by atoms with van der Waals surface area (Å²) in [5.74, 6) is 0.910. The van der Waals surface area contributed by atoms with Crippen LogP contribution >= 0.6 is 11.6 Å². The molecule has 2 aromatic carbocycles. The zero-order valence-corrected chi connectivity index (χ0v) is 17.2. The normalized spacial score (nSPS) is 14.9. The van der Waals surface area contributed by atoms with E-state index in [2.05, 4.69) is 21.0 Å². The molecule has 0 unspecified atom stereocenters. The Morgan fingerprint density at radius 3 is 2.41 bits per heavy atom. The van der Waals surface area contributed by atoms with Crippen LogP contribution in [0.4, 0.5) is 5.69 Å². The summed E-state index contributed by atoms with van der Waals surface area (Å²) in [5.41, 5.74) is 2.51. The topological polar surface area (TPSA) is 53.5 Å².